The Hall–Kier alpha value is -2.36. The zero-order valence-electron chi connectivity index (χ0n) is 11.7. The third-order valence-electron chi connectivity index (χ3n) is 3.85. The van der Waals surface area contributed by atoms with E-state index in [-0.39, 0.29) is 11.5 Å². The van der Waals surface area contributed by atoms with Crippen LogP contribution in [-0.2, 0) is 6.42 Å². The van der Waals surface area contributed by atoms with Crippen LogP contribution in [0.25, 0.3) is 0 Å². The van der Waals surface area contributed by atoms with E-state index in [4.69, 9.17) is 5.73 Å². The van der Waals surface area contributed by atoms with E-state index < -0.39 is 5.82 Å². The van der Waals surface area contributed by atoms with Crippen LogP contribution in [0.4, 0.5) is 15.8 Å². The predicted molar refractivity (Wildman–Crippen MR) is 81.9 cm³/mol. The van der Waals surface area contributed by atoms with Crippen LogP contribution < -0.4 is 10.6 Å². The number of aryl methyl sites for hydroxylation is 1. The first-order chi connectivity index (χ1) is 10.2. The highest BCUT2D eigenvalue weighted by Crippen LogP contribution is 2.28. The maximum Gasteiger partial charge on any atom is 0.260 e. The lowest BCUT2D eigenvalue weighted by Crippen LogP contribution is -2.32. The number of rotatable bonds is 1. The predicted octanol–water partition coefficient (Wildman–Crippen LogP) is 3.39. The summed E-state index contributed by atoms with van der Waals surface area (Å²) < 4.78 is 13.4. The highest BCUT2D eigenvalue weighted by molar-refractivity contribution is 6.09. The summed E-state index contributed by atoms with van der Waals surface area (Å²) in [6.45, 7) is 0.631. The quantitative estimate of drug-likeness (QED) is 0.816. The van der Waals surface area contributed by atoms with Gasteiger partial charge in [-0.15, -0.1) is 0 Å². The number of hydrogen-bond donors (Lipinski definition) is 1. The lowest BCUT2D eigenvalue weighted by atomic mass is 10.1. The number of amides is 1. The maximum absolute atomic E-state index is 13.4. The number of nitrogen functional groups attached to an aromatic ring is 1. The first-order valence-corrected chi connectivity index (χ1v) is 7.11. The molecule has 4 heteroatoms. The maximum atomic E-state index is 13.4. The topological polar surface area (TPSA) is 46.3 Å². The molecule has 21 heavy (non-hydrogen) atoms. The van der Waals surface area contributed by atoms with Crippen molar-refractivity contribution >= 4 is 17.3 Å². The average molecular weight is 284 g/mol. The van der Waals surface area contributed by atoms with Crippen LogP contribution >= 0.6 is 0 Å². The Balaban J connectivity index is 2.03. The van der Waals surface area contributed by atoms with Gasteiger partial charge < -0.3 is 10.6 Å². The molecule has 0 aliphatic carbocycles. The number of anilines is 2. The number of para-hydroxylation sites is 1. The summed E-state index contributed by atoms with van der Waals surface area (Å²) in [5, 5.41) is 0. The Morgan fingerprint density at radius 3 is 2.81 bits per heavy atom. The summed E-state index contributed by atoms with van der Waals surface area (Å²) in [6, 6.07) is 11.8. The van der Waals surface area contributed by atoms with Gasteiger partial charge in [0.25, 0.3) is 5.91 Å². The van der Waals surface area contributed by atoms with Crippen LogP contribution in [0.2, 0.25) is 0 Å². The monoisotopic (exact) mass is 284 g/mol. The molecule has 0 aromatic heterocycles. The molecule has 2 aromatic rings. The Bertz CT molecular complexity index is 684. The van der Waals surface area contributed by atoms with Crippen molar-refractivity contribution in [2.45, 2.75) is 19.3 Å². The Morgan fingerprint density at radius 1 is 1.14 bits per heavy atom. The van der Waals surface area contributed by atoms with E-state index in [1.165, 1.54) is 18.2 Å². The molecule has 0 radical (unpaired) electrons. The van der Waals surface area contributed by atoms with Crippen LogP contribution in [0, 0.1) is 5.82 Å². The van der Waals surface area contributed by atoms with E-state index in [2.05, 4.69) is 0 Å². The summed E-state index contributed by atoms with van der Waals surface area (Å²) in [6.07, 6.45) is 2.92. The molecule has 1 aliphatic rings. The van der Waals surface area contributed by atoms with Crippen LogP contribution in [0.5, 0.6) is 0 Å². The molecule has 0 bridgehead atoms. The molecule has 0 saturated heterocycles. The second-order valence-electron chi connectivity index (χ2n) is 5.27. The van der Waals surface area contributed by atoms with Crippen LogP contribution in [0.15, 0.2) is 42.5 Å². The fraction of sp³-hybridized carbons (Fsp3) is 0.235. The number of carbonyl (C=O) groups is 1. The lowest BCUT2D eigenvalue weighted by Gasteiger charge is -2.23. The summed E-state index contributed by atoms with van der Waals surface area (Å²) >= 11 is 0. The van der Waals surface area contributed by atoms with E-state index in [0.29, 0.717) is 12.2 Å². The van der Waals surface area contributed by atoms with Crippen molar-refractivity contribution in [1.82, 2.24) is 0 Å². The Morgan fingerprint density at radius 2 is 1.95 bits per heavy atom. The lowest BCUT2D eigenvalue weighted by molar-refractivity contribution is 0.0987. The van der Waals surface area contributed by atoms with Crippen LogP contribution in [-0.4, -0.2) is 12.5 Å². The Kier molecular flexibility index (Phi) is 3.60. The van der Waals surface area contributed by atoms with Crippen molar-refractivity contribution in [2.24, 2.45) is 0 Å². The van der Waals surface area contributed by atoms with Gasteiger partial charge in [0.1, 0.15) is 5.82 Å². The van der Waals surface area contributed by atoms with Crippen molar-refractivity contribution in [3.05, 3.63) is 59.4 Å². The number of nitrogens with zero attached hydrogens (tertiary/aromatic N) is 1. The Labute approximate surface area is 123 Å². The number of halogens is 1. The molecule has 2 aromatic carbocycles. The molecule has 1 amide bonds. The van der Waals surface area contributed by atoms with Gasteiger partial charge in [-0.3, -0.25) is 4.79 Å². The molecule has 0 saturated carbocycles. The van der Waals surface area contributed by atoms with Gasteiger partial charge in [-0.1, -0.05) is 18.2 Å². The minimum Gasteiger partial charge on any atom is -0.398 e. The summed E-state index contributed by atoms with van der Waals surface area (Å²) in [4.78, 5) is 14.5. The molecule has 0 fully saturated rings. The average Bonchev–Trinajstić information content (AvgIpc) is 2.71. The number of fused-ring (bicyclic) bond motifs is 1. The van der Waals surface area contributed by atoms with Crippen molar-refractivity contribution in [1.29, 1.82) is 0 Å². The van der Waals surface area contributed by atoms with Crippen LogP contribution in [0.1, 0.15) is 28.8 Å². The summed E-state index contributed by atoms with van der Waals surface area (Å²) in [5.74, 6) is -0.683. The number of carbonyl (C=O) groups excluding carboxylic acids is 1. The van der Waals surface area contributed by atoms with Gasteiger partial charge in [0.05, 0.1) is 5.56 Å². The van der Waals surface area contributed by atoms with E-state index in [9.17, 15) is 9.18 Å². The smallest absolute Gasteiger partial charge is 0.260 e. The first kappa shape index (κ1) is 13.6. The van der Waals surface area contributed by atoms with Crippen molar-refractivity contribution in [3.8, 4) is 0 Å². The molecule has 3 rings (SSSR count). The van der Waals surface area contributed by atoms with Gasteiger partial charge >= 0.3 is 0 Å². The van der Waals surface area contributed by atoms with E-state index >= 15 is 0 Å². The molecular formula is C17H17FN2O. The molecule has 0 unspecified atom stereocenters. The van der Waals surface area contributed by atoms with Gasteiger partial charge in [-0.25, -0.2) is 4.39 Å². The summed E-state index contributed by atoms with van der Waals surface area (Å²) in [5.41, 5.74) is 8.44. The first-order valence-electron chi connectivity index (χ1n) is 7.11. The molecule has 1 aliphatic heterocycles. The number of nitrogens with two attached hydrogens (primary N) is 1. The third-order valence-corrected chi connectivity index (χ3v) is 3.85. The van der Waals surface area contributed by atoms with E-state index in [0.717, 1.165) is 30.5 Å². The molecule has 0 atom stereocenters. The molecule has 0 spiro atoms. The van der Waals surface area contributed by atoms with Gasteiger partial charge in [-0.2, -0.15) is 0 Å². The standard InChI is InChI=1S/C17H17FN2O/c18-13-8-9-15(19)14(11-13)17(21)20-10-4-3-6-12-5-1-2-7-16(12)20/h1-2,5,7-9,11H,3-4,6,10,19H2. The fourth-order valence-corrected chi connectivity index (χ4v) is 2.76. The zero-order valence-corrected chi connectivity index (χ0v) is 11.7. The van der Waals surface area contributed by atoms with Crippen molar-refractivity contribution < 1.29 is 9.18 Å². The molecule has 108 valence electrons. The molecule has 2 N–H and O–H groups in total. The van der Waals surface area contributed by atoms with Gasteiger partial charge in [0.2, 0.25) is 0 Å². The highest BCUT2D eigenvalue weighted by Gasteiger charge is 2.23. The van der Waals surface area contributed by atoms with E-state index in [1.807, 2.05) is 24.3 Å². The molecule has 3 nitrogen and oxygen atoms in total. The second-order valence-corrected chi connectivity index (χ2v) is 5.27. The normalized spacial score (nSPS) is 14.4. The van der Waals surface area contributed by atoms with Gasteiger partial charge in [-0.05, 0) is 49.1 Å². The number of hydrogen-bond acceptors (Lipinski definition) is 2. The zero-order chi connectivity index (χ0) is 14.8. The minimum atomic E-state index is -0.448. The van der Waals surface area contributed by atoms with E-state index in [1.54, 1.807) is 4.90 Å². The fourth-order valence-electron chi connectivity index (χ4n) is 2.76. The highest BCUT2D eigenvalue weighted by atomic mass is 19.1. The largest absolute Gasteiger partial charge is 0.398 e. The van der Waals surface area contributed by atoms with Crippen molar-refractivity contribution in [2.75, 3.05) is 17.2 Å². The third kappa shape index (κ3) is 2.61. The SMILES string of the molecule is Nc1ccc(F)cc1C(=O)N1CCCCc2ccccc21. The van der Waals surface area contributed by atoms with Crippen LogP contribution in [0.3, 0.4) is 0 Å². The minimum absolute atomic E-state index is 0.228. The van der Waals surface area contributed by atoms with Gasteiger partial charge in [0.15, 0.2) is 0 Å². The molecular weight excluding hydrogens is 267 g/mol. The number of benzene rings is 2. The van der Waals surface area contributed by atoms with Gasteiger partial charge in [0, 0.05) is 17.9 Å². The second kappa shape index (κ2) is 5.56. The summed E-state index contributed by atoms with van der Waals surface area (Å²) in [7, 11) is 0. The molecule has 1 heterocycles. The van der Waals surface area contributed by atoms with Crippen molar-refractivity contribution in [3.63, 3.8) is 0 Å².